The molecule has 2 heterocycles. The molecule has 142 valence electrons. The number of benzene rings is 1. The van der Waals surface area contributed by atoms with Gasteiger partial charge in [-0.1, -0.05) is 6.07 Å². The van der Waals surface area contributed by atoms with Crippen molar-refractivity contribution in [2.75, 3.05) is 33.4 Å². The Balaban J connectivity index is 1.83. The third kappa shape index (κ3) is 3.56. The van der Waals surface area contributed by atoms with E-state index in [2.05, 4.69) is 0 Å². The average Bonchev–Trinajstić information content (AvgIpc) is 2.81. The van der Waals surface area contributed by atoms with Gasteiger partial charge in [0.05, 0.1) is 20.3 Å². The van der Waals surface area contributed by atoms with Crippen LogP contribution in [0, 0.1) is 0 Å². The normalized spacial score (nSPS) is 24.1. The largest absolute Gasteiger partial charge is 0.497 e. The van der Waals surface area contributed by atoms with E-state index < -0.39 is 5.60 Å². The standard InChI is InChI=1S/C20H28N2O4/c1-15(2)22-10-5-4-9-20(19(22)24)14-21(11-12-26-20)18(23)16-7-6-8-17(13-16)25-3/h6-8,13,15H,4-5,9-12,14H2,1-3H3. The topological polar surface area (TPSA) is 59.1 Å². The molecule has 0 bridgehead atoms. The number of amides is 2. The fourth-order valence-electron chi connectivity index (χ4n) is 3.83. The summed E-state index contributed by atoms with van der Waals surface area (Å²) in [6.45, 7) is 5.99. The van der Waals surface area contributed by atoms with Gasteiger partial charge in [-0.25, -0.2) is 0 Å². The zero-order valence-corrected chi connectivity index (χ0v) is 15.9. The lowest BCUT2D eigenvalue weighted by atomic mass is 9.93. The number of ether oxygens (including phenoxy) is 2. The molecule has 26 heavy (non-hydrogen) atoms. The van der Waals surface area contributed by atoms with Crippen LogP contribution in [0.15, 0.2) is 24.3 Å². The second-order valence-corrected chi connectivity index (χ2v) is 7.35. The van der Waals surface area contributed by atoms with E-state index in [0.717, 1.165) is 19.4 Å². The first-order valence-electron chi connectivity index (χ1n) is 9.35. The SMILES string of the molecule is COc1cccc(C(=O)N2CCOC3(CCCCN(C(C)C)C3=O)C2)c1. The molecule has 2 amide bonds. The smallest absolute Gasteiger partial charge is 0.256 e. The van der Waals surface area contributed by atoms with E-state index in [1.54, 1.807) is 30.2 Å². The molecular formula is C20H28N2O4. The number of likely N-dealkylation sites (tertiary alicyclic amines) is 1. The zero-order valence-electron chi connectivity index (χ0n) is 15.9. The summed E-state index contributed by atoms with van der Waals surface area (Å²) in [5.74, 6) is 0.586. The molecule has 2 aliphatic heterocycles. The van der Waals surface area contributed by atoms with Gasteiger partial charge < -0.3 is 19.3 Å². The van der Waals surface area contributed by atoms with Gasteiger partial charge in [-0.3, -0.25) is 9.59 Å². The van der Waals surface area contributed by atoms with E-state index in [-0.39, 0.29) is 17.9 Å². The van der Waals surface area contributed by atoms with Crippen LogP contribution in [0.5, 0.6) is 5.75 Å². The highest BCUT2D eigenvalue weighted by Gasteiger charge is 2.48. The van der Waals surface area contributed by atoms with Gasteiger partial charge in [0.25, 0.3) is 11.8 Å². The Kier molecular flexibility index (Phi) is 5.51. The molecular weight excluding hydrogens is 332 g/mol. The summed E-state index contributed by atoms with van der Waals surface area (Å²) in [7, 11) is 1.58. The van der Waals surface area contributed by atoms with Gasteiger partial charge in [0.2, 0.25) is 0 Å². The molecule has 1 spiro atoms. The maximum absolute atomic E-state index is 13.2. The van der Waals surface area contributed by atoms with E-state index in [4.69, 9.17) is 9.47 Å². The number of morpholine rings is 1. The number of methoxy groups -OCH3 is 1. The van der Waals surface area contributed by atoms with Crippen LogP contribution in [-0.2, 0) is 9.53 Å². The number of hydrogen-bond donors (Lipinski definition) is 0. The number of hydrogen-bond acceptors (Lipinski definition) is 4. The lowest BCUT2D eigenvalue weighted by Crippen LogP contribution is -2.61. The quantitative estimate of drug-likeness (QED) is 0.830. The van der Waals surface area contributed by atoms with Crippen LogP contribution in [0.1, 0.15) is 43.5 Å². The van der Waals surface area contributed by atoms with Crippen LogP contribution in [0.2, 0.25) is 0 Å². The summed E-state index contributed by atoms with van der Waals surface area (Å²) in [6, 6.07) is 7.26. The first-order valence-corrected chi connectivity index (χ1v) is 9.35. The number of carbonyl (C=O) groups excluding carboxylic acids is 2. The molecule has 0 aromatic heterocycles. The molecule has 1 unspecified atom stereocenters. The van der Waals surface area contributed by atoms with Crippen molar-refractivity contribution in [3.8, 4) is 5.75 Å². The Labute approximate surface area is 155 Å². The lowest BCUT2D eigenvalue weighted by molar-refractivity contribution is -0.169. The first-order chi connectivity index (χ1) is 12.5. The molecule has 6 heteroatoms. The van der Waals surface area contributed by atoms with Gasteiger partial charge in [-0.05, 0) is 51.3 Å². The maximum atomic E-state index is 13.2. The fourth-order valence-corrected chi connectivity index (χ4v) is 3.83. The molecule has 6 nitrogen and oxygen atoms in total. The summed E-state index contributed by atoms with van der Waals surface area (Å²) in [4.78, 5) is 29.8. The van der Waals surface area contributed by atoms with E-state index in [1.165, 1.54) is 0 Å². The van der Waals surface area contributed by atoms with Crippen molar-refractivity contribution < 1.29 is 19.1 Å². The van der Waals surface area contributed by atoms with Gasteiger partial charge in [0.1, 0.15) is 5.75 Å². The van der Waals surface area contributed by atoms with Gasteiger partial charge in [-0.2, -0.15) is 0 Å². The molecule has 0 N–H and O–H groups in total. The van der Waals surface area contributed by atoms with Crippen LogP contribution in [0.25, 0.3) is 0 Å². The number of nitrogens with zero attached hydrogens (tertiary/aromatic N) is 2. The van der Waals surface area contributed by atoms with Gasteiger partial charge in [0, 0.05) is 24.7 Å². The molecule has 1 aromatic rings. The summed E-state index contributed by atoms with van der Waals surface area (Å²) in [5, 5.41) is 0. The Bertz CT molecular complexity index is 676. The molecule has 0 radical (unpaired) electrons. The monoisotopic (exact) mass is 360 g/mol. The number of rotatable bonds is 3. The van der Waals surface area contributed by atoms with Crippen LogP contribution in [0.4, 0.5) is 0 Å². The van der Waals surface area contributed by atoms with Crippen molar-refractivity contribution in [1.29, 1.82) is 0 Å². The Morgan fingerprint density at radius 3 is 2.81 bits per heavy atom. The average molecular weight is 360 g/mol. The van der Waals surface area contributed by atoms with Crippen LogP contribution >= 0.6 is 0 Å². The molecule has 1 aromatic carbocycles. The minimum absolute atomic E-state index is 0.0214. The summed E-state index contributed by atoms with van der Waals surface area (Å²) >= 11 is 0. The van der Waals surface area contributed by atoms with Gasteiger partial charge in [0.15, 0.2) is 5.60 Å². The summed E-state index contributed by atoms with van der Waals surface area (Å²) < 4.78 is 11.3. The Morgan fingerprint density at radius 2 is 2.08 bits per heavy atom. The van der Waals surface area contributed by atoms with Crippen molar-refractivity contribution >= 4 is 11.8 Å². The van der Waals surface area contributed by atoms with Crippen molar-refractivity contribution in [1.82, 2.24) is 9.80 Å². The molecule has 2 fully saturated rings. The first kappa shape index (κ1) is 18.7. The summed E-state index contributed by atoms with van der Waals surface area (Å²) in [6.07, 6.45) is 2.56. The van der Waals surface area contributed by atoms with Crippen LogP contribution in [-0.4, -0.2) is 66.6 Å². The fraction of sp³-hybridized carbons (Fsp3) is 0.600. The highest BCUT2D eigenvalue weighted by molar-refractivity contribution is 5.95. The molecule has 0 saturated carbocycles. The van der Waals surface area contributed by atoms with Crippen molar-refractivity contribution in [3.05, 3.63) is 29.8 Å². The maximum Gasteiger partial charge on any atom is 0.256 e. The highest BCUT2D eigenvalue weighted by Crippen LogP contribution is 2.31. The van der Waals surface area contributed by atoms with Crippen LogP contribution in [0.3, 0.4) is 0 Å². The van der Waals surface area contributed by atoms with E-state index in [1.807, 2.05) is 24.8 Å². The molecule has 0 aliphatic carbocycles. The molecule has 1 atom stereocenters. The second-order valence-electron chi connectivity index (χ2n) is 7.35. The minimum Gasteiger partial charge on any atom is -0.497 e. The van der Waals surface area contributed by atoms with Gasteiger partial charge >= 0.3 is 0 Å². The molecule has 3 rings (SSSR count). The van der Waals surface area contributed by atoms with E-state index >= 15 is 0 Å². The minimum atomic E-state index is -0.909. The predicted molar refractivity (Wildman–Crippen MR) is 98.3 cm³/mol. The second kappa shape index (κ2) is 7.66. The third-order valence-corrected chi connectivity index (χ3v) is 5.29. The molecule has 2 saturated heterocycles. The van der Waals surface area contributed by atoms with Crippen molar-refractivity contribution in [2.24, 2.45) is 0 Å². The molecule has 2 aliphatic rings. The summed E-state index contributed by atoms with van der Waals surface area (Å²) in [5.41, 5.74) is -0.337. The highest BCUT2D eigenvalue weighted by atomic mass is 16.5. The predicted octanol–water partition coefficient (Wildman–Crippen LogP) is 2.33. The third-order valence-electron chi connectivity index (χ3n) is 5.29. The number of carbonyl (C=O) groups is 2. The lowest BCUT2D eigenvalue weighted by Gasteiger charge is -2.43. The van der Waals surface area contributed by atoms with Gasteiger partial charge in [-0.15, -0.1) is 0 Å². The van der Waals surface area contributed by atoms with E-state index in [9.17, 15) is 9.59 Å². The van der Waals surface area contributed by atoms with Crippen molar-refractivity contribution in [2.45, 2.75) is 44.8 Å². The van der Waals surface area contributed by atoms with Crippen molar-refractivity contribution in [3.63, 3.8) is 0 Å². The Hall–Kier alpha value is -2.08. The van der Waals surface area contributed by atoms with E-state index in [0.29, 0.717) is 37.4 Å². The zero-order chi connectivity index (χ0) is 18.7. The van der Waals surface area contributed by atoms with Crippen LogP contribution < -0.4 is 4.74 Å². The Morgan fingerprint density at radius 1 is 1.27 bits per heavy atom.